The minimum absolute atomic E-state index is 0.0726. The highest BCUT2D eigenvalue weighted by atomic mass is 16.1. The van der Waals surface area contributed by atoms with Gasteiger partial charge in [-0.2, -0.15) is 0 Å². The van der Waals surface area contributed by atoms with Crippen molar-refractivity contribution in [3.05, 3.63) is 102 Å². The van der Waals surface area contributed by atoms with E-state index in [1.54, 1.807) is 0 Å². The Morgan fingerprint density at radius 2 is 1.62 bits per heavy atom. The van der Waals surface area contributed by atoms with Gasteiger partial charge in [-0.15, -0.1) is 0 Å². The molecule has 4 rings (SSSR count). The Balaban J connectivity index is 1.36. The van der Waals surface area contributed by atoms with Crippen LogP contribution in [0.5, 0.6) is 0 Å². The number of aromatic nitrogens is 1. The number of nitrogens with zero attached hydrogens (tertiary/aromatic N) is 2. The number of hydrogen-bond acceptors (Lipinski definition) is 3. The highest BCUT2D eigenvalue weighted by Gasteiger charge is 2.25. The van der Waals surface area contributed by atoms with Gasteiger partial charge in [0.15, 0.2) is 0 Å². The quantitative estimate of drug-likeness (QED) is 0.669. The normalized spacial score (nSPS) is 16.8. The number of carbonyl (C=O) groups excluding carboxylic acids is 1. The van der Waals surface area contributed by atoms with Crippen LogP contribution in [0.2, 0.25) is 0 Å². The Hall–Kier alpha value is -2.98. The van der Waals surface area contributed by atoms with E-state index in [2.05, 4.69) is 45.5 Å². The first-order chi connectivity index (χ1) is 14.3. The van der Waals surface area contributed by atoms with Gasteiger partial charge < -0.3 is 5.32 Å². The molecule has 1 unspecified atom stereocenters. The van der Waals surface area contributed by atoms with Gasteiger partial charge in [-0.25, -0.2) is 0 Å². The van der Waals surface area contributed by atoms with Crippen molar-refractivity contribution < 1.29 is 4.79 Å². The fourth-order valence-corrected chi connectivity index (χ4v) is 4.09. The highest BCUT2D eigenvalue weighted by Crippen LogP contribution is 2.28. The van der Waals surface area contributed by atoms with E-state index in [0.717, 1.165) is 31.7 Å². The SMILES string of the molecule is O=C(CC(c1ccccc1)c1ccccc1)NC1CCN(Cc2ccccn2)C1. The topological polar surface area (TPSA) is 45.2 Å². The van der Waals surface area contributed by atoms with Gasteiger partial charge in [0.2, 0.25) is 5.91 Å². The van der Waals surface area contributed by atoms with Crippen LogP contribution in [0, 0.1) is 0 Å². The second kappa shape index (κ2) is 9.48. The Morgan fingerprint density at radius 3 is 2.24 bits per heavy atom. The van der Waals surface area contributed by atoms with Crippen molar-refractivity contribution in [1.29, 1.82) is 0 Å². The molecular formula is C25H27N3O. The minimum Gasteiger partial charge on any atom is -0.352 e. The summed E-state index contributed by atoms with van der Waals surface area (Å²) in [4.78, 5) is 19.6. The fraction of sp³-hybridized carbons (Fsp3) is 0.280. The molecule has 148 valence electrons. The molecule has 1 aliphatic heterocycles. The predicted molar refractivity (Wildman–Crippen MR) is 115 cm³/mol. The molecule has 1 atom stereocenters. The van der Waals surface area contributed by atoms with Gasteiger partial charge in [-0.3, -0.25) is 14.7 Å². The van der Waals surface area contributed by atoms with Crippen molar-refractivity contribution >= 4 is 5.91 Å². The van der Waals surface area contributed by atoms with E-state index < -0.39 is 0 Å². The van der Waals surface area contributed by atoms with E-state index in [0.29, 0.717) is 6.42 Å². The molecule has 2 aromatic carbocycles. The van der Waals surface area contributed by atoms with Crippen molar-refractivity contribution in [2.45, 2.75) is 31.3 Å². The first-order valence-corrected chi connectivity index (χ1v) is 10.3. The number of hydrogen-bond donors (Lipinski definition) is 1. The second-order valence-electron chi connectivity index (χ2n) is 7.69. The largest absolute Gasteiger partial charge is 0.352 e. The van der Waals surface area contributed by atoms with Gasteiger partial charge in [0.1, 0.15) is 0 Å². The molecule has 1 aliphatic rings. The van der Waals surface area contributed by atoms with Crippen molar-refractivity contribution in [3.8, 4) is 0 Å². The second-order valence-corrected chi connectivity index (χ2v) is 7.69. The van der Waals surface area contributed by atoms with E-state index in [1.165, 1.54) is 11.1 Å². The molecule has 0 spiro atoms. The van der Waals surface area contributed by atoms with E-state index in [4.69, 9.17) is 0 Å². The fourth-order valence-electron chi connectivity index (χ4n) is 4.09. The molecular weight excluding hydrogens is 358 g/mol. The maximum absolute atomic E-state index is 12.9. The standard InChI is InChI=1S/C25H27N3O/c29-25(27-23-14-16-28(19-23)18-22-13-7-8-15-26-22)17-24(20-9-3-1-4-10-20)21-11-5-2-6-12-21/h1-13,15,23-24H,14,16-19H2,(H,27,29). The third-order valence-corrected chi connectivity index (χ3v) is 5.54. The summed E-state index contributed by atoms with van der Waals surface area (Å²) in [6.45, 7) is 2.70. The average molecular weight is 386 g/mol. The lowest BCUT2D eigenvalue weighted by Crippen LogP contribution is -2.37. The van der Waals surface area contributed by atoms with Crippen LogP contribution in [-0.2, 0) is 11.3 Å². The van der Waals surface area contributed by atoms with E-state index >= 15 is 0 Å². The van der Waals surface area contributed by atoms with Crippen LogP contribution in [0.4, 0.5) is 0 Å². The third kappa shape index (κ3) is 5.30. The molecule has 0 saturated carbocycles. The van der Waals surface area contributed by atoms with Gasteiger partial charge in [0.25, 0.3) is 0 Å². The maximum Gasteiger partial charge on any atom is 0.221 e. The van der Waals surface area contributed by atoms with Gasteiger partial charge >= 0.3 is 0 Å². The summed E-state index contributed by atoms with van der Waals surface area (Å²) in [6.07, 6.45) is 3.28. The molecule has 1 saturated heterocycles. The smallest absolute Gasteiger partial charge is 0.221 e. The van der Waals surface area contributed by atoms with Crippen LogP contribution in [0.25, 0.3) is 0 Å². The summed E-state index contributed by atoms with van der Waals surface area (Å²) in [6, 6.07) is 26.8. The van der Waals surface area contributed by atoms with Crippen LogP contribution in [-0.4, -0.2) is 34.9 Å². The molecule has 29 heavy (non-hydrogen) atoms. The zero-order valence-corrected chi connectivity index (χ0v) is 16.6. The molecule has 1 N–H and O–H groups in total. The number of rotatable bonds is 7. The monoisotopic (exact) mass is 385 g/mol. The number of amides is 1. The highest BCUT2D eigenvalue weighted by molar-refractivity contribution is 5.78. The van der Waals surface area contributed by atoms with Crippen LogP contribution in [0.1, 0.15) is 35.6 Å². The molecule has 0 radical (unpaired) electrons. The van der Waals surface area contributed by atoms with Crippen LogP contribution < -0.4 is 5.32 Å². The lowest BCUT2D eigenvalue weighted by Gasteiger charge is -2.20. The van der Waals surface area contributed by atoms with E-state index in [9.17, 15) is 4.79 Å². The lowest BCUT2D eigenvalue weighted by molar-refractivity contribution is -0.121. The number of carbonyl (C=O) groups is 1. The van der Waals surface area contributed by atoms with Gasteiger partial charge in [0, 0.05) is 44.2 Å². The third-order valence-electron chi connectivity index (χ3n) is 5.54. The van der Waals surface area contributed by atoms with Crippen molar-refractivity contribution in [3.63, 3.8) is 0 Å². The molecule has 1 amide bonds. The first-order valence-electron chi connectivity index (χ1n) is 10.3. The van der Waals surface area contributed by atoms with Gasteiger partial charge in [0.05, 0.1) is 5.69 Å². The summed E-state index contributed by atoms with van der Waals surface area (Å²) in [7, 11) is 0. The van der Waals surface area contributed by atoms with Crippen LogP contribution in [0.3, 0.4) is 0 Å². The Kier molecular flexibility index (Phi) is 6.32. The first kappa shape index (κ1) is 19.3. The molecule has 3 aromatic rings. The van der Waals surface area contributed by atoms with Crippen molar-refractivity contribution in [2.75, 3.05) is 13.1 Å². The maximum atomic E-state index is 12.9. The minimum atomic E-state index is 0.0726. The van der Waals surface area contributed by atoms with Gasteiger partial charge in [-0.05, 0) is 29.7 Å². The lowest BCUT2D eigenvalue weighted by atomic mass is 9.88. The molecule has 0 bridgehead atoms. The van der Waals surface area contributed by atoms with Crippen LogP contribution in [0.15, 0.2) is 85.1 Å². The Bertz CT molecular complexity index is 860. The Labute approximate surface area is 172 Å². The number of nitrogens with one attached hydrogen (secondary N) is 1. The van der Waals surface area contributed by atoms with Crippen molar-refractivity contribution in [1.82, 2.24) is 15.2 Å². The Morgan fingerprint density at radius 1 is 0.966 bits per heavy atom. The molecule has 4 nitrogen and oxygen atoms in total. The zero-order valence-electron chi connectivity index (χ0n) is 16.6. The van der Waals surface area contributed by atoms with E-state index in [-0.39, 0.29) is 17.9 Å². The molecule has 2 heterocycles. The predicted octanol–water partition coefficient (Wildman–Crippen LogP) is 3.99. The average Bonchev–Trinajstić information content (AvgIpc) is 3.20. The molecule has 0 aliphatic carbocycles. The van der Waals surface area contributed by atoms with Gasteiger partial charge in [-0.1, -0.05) is 66.7 Å². The number of benzene rings is 2. The summed E-state index contributed by atoms with van der Waals surface area (Å²) in [5.41, 5.74) is 3.43. The zero-order chi connectivity index (χ0) is 19.9. The summed E-state index contributed by atoms with van der Waals surface area (Å²) in [5, 5.41) is 3.26. The number of likely N-dealkylation sites (tertiary alicyclic amines) is 1. The van der Waals surface area contributed by atoms with E-state index in [1.807, 2.05) is 54.7 Å². The number of pyridine rings is 1. The van der Waals surface area contributed by atoms with Crippen LogP contribution >= 0.6 is 0 Å². The summed E-state index contributed by atoms with van der Waals surface area (Å²) < 4.78 is 0. The summed E-state index contributed by atoms with van der Waals surface area (Å²) >= 11 is 0. The van der Waals surface area contributed by atoms with Crippen molar-refractivity contribution in [2.24, 2.45) is 0 Å². The molecule has 4 heteroatoms. The summed E-state index contributed by atoms with van der Waals surface area (Å²) in [5.74, 6) is 0.191. The molecule has 1 fully saturated rings. The molecule has 1 aromatic heterocycles.